The maximum absolute atomic E-state index is 12.9. The van der Waals surface area contributed by atoms with Crippen LogP contribution in [0.25, 0.3) is 27.8 Å². The highest BCUT2D eigenvalue weighted by molar-refractivity contribution is 5.98. The number of carbonyl (C=O) groups excluding carboxylic acids is 1. The molecule has 5 rings (SSSR count). The fraction of sp³-hybridized carbons (Fsp3) is 0.120. The quantitative estimate of drug-likeness (QED) is 0.434. The molecule has 33 heavy (non-hydrogen) atoms. The number of H-pyrrole nitrogens is 1. The van der Waals surface area contributed by atoms with Gasteiger partial charge in [-0.25, -0.2) is 9.73 Å². The third kappa shape index (κ3) is 3.71. The third-order valence-electron chi connectivity index (χ3n) is 5.63. The number of rotatable bonds is 5. The zero-order chi connectivity index (χ0) is 22.9. The fourth-order valence-electron chi connectivity index (χ4n) is 3.82. The van der Waals surface area contributed by atoms with Crippen molar-refractivity contribution in [1.82, 2.24) is 25.1 Å². The van der Waals surface area contributed by atoms with Crippen LogP contribution in [0.3, 0.4) is 0 Å². The van der Waals surface area contributed by atoms with E-state index in [2.05, 4.69) is 20.6 Å². The van der Waals surface area contributed by atoms with Crippen LogP contribution in [0, 0.1) is 0 Å². The first-order valence-corrected chi connectivity index (χ1v) is 10.5. The van der Waals surface area contributed by atoms with Crippen molar-refractivity contribution in [2.45, 2.75) is 13.0 Å². The van der Waals surface area contributed by atoms with Crippen LogP contribution in [-0.2, 0) is 0 Å². The van der Waals surface area contributed by atoms with E-state index in [4.69, 9.17) is 4.74 Å². The van der Waals surface area contributed by atoms with Gasteiger partial charge in [-0.3, -0.25) is 9.59 Å². The molecule has 164 valence electrons. The minimum absolute atomic E-state index is 0.164. The second kappa shape index (κ2) is 8.23. The smallest absolute Gasteiger partial charge is 0.281 e. The van der Waals surface area contributed by atoms with Crippen LogP contribution < -0.4 is 15.6 Å². The fourth-order valence-corrected chi connectivity index (χ4v) is 3.82. The van der Waals surface area contributed by atoms with E-state index < -0.39 is 0 Å². The van der Waals surface area contributed by atoms with Gasteiger partial charge in [-0.1, -0.05) is 30.3 Å². The van der Waals surface area contributed by atoms with Gasteiger partial charge < -0.3 is 10.1 Å². The number of aromatic amines is 1. The van der Waals surface area contributed by atoms with Gasteiger partial charge in [0.2, 0.25) is 0 Å². The summed E-state index contributed by atoms with van der Waals surface area (Å²) < 4.78 is 6.82. The van der Waals surface area contributed by atoms with Gasteiger partial charge in [-0.15, -0.1) is 0 Å². The maximum atomic E-state index is 12.9. The Morgan fingerprint density at radius 3 is 2.55 bits per heavy atom. The Kier molecular flexibility index (Phi) is 5.10. The molecule has 0 aliphatic rings. The topological polar surface area (TPSA) is 101 Å². The molecule has 0 saturated carbocycles. The monoisotopic (exact) mass is 439 g/mol. The van der Waals surface area contributed by atoms with Gasteiger partial charge in [0.05, 0.1) is 24.1 Å². The highest BCUT2D eigenvalue weighted by atomic mass is 16.5. The first-order chi connectivity index (χ1) is 16.0. The Morgan fingerprint density at radius 1 is 1.06 bits per heavy atom. The second-order valence-electron chi connectivity index (χ2n) is 7.70. The summed E-state index contributed by atoms with van der Waals surface area (Å²) >= 11 is 0. The molecule has 0 bridgehead atoms. The number of hydrogen-bond donors (Lipinski definition) is 2. The number of fused-ring (bicyclic) bond motifs is 3. The van der Waals surface area contributed by atoms with Gasteiger partial charge in [-0.2, -0.15) is 10.1 Å². The van der Waals surface area contributed by atoms with Crippen LogP contribution in [0.1, 0.15) is 28.9 Å². The van der Waals surface area contributed by atoms with Crippen molar-refractivity contribution >= 4 is 22.5 Å². The average Bonchev–Trinajstić information content (AvgIpc) is 3.28. The van der Waals surface area contributed by atoms with Crippen molar-refractivity contribution < 1.29 is 9.53 Å². The predicted octanol–water partition coefficient (Wildman–Crippen LogP) is 3.74. The number of carbonyl (C=O) groups is 1. The predicted molar refractivity (Wildman–Crippen MR) is 125 cm³/mol. The molecule has 0 aliphatic heterocycles. The number of nitrogens with zero attached hydrogens (tertiary/aromatic N) is 3. The van der Waals surface area contributed by atoms with Crippen LogP contribution in [-0.4, -0.2) is 32.8 Å². The van der Waals surface area contributed by atoms with Gasteiger partial charge in [0.1, 0.15) is 11.4 Å². The SMILES string of the molecule is COc1ccc(-c2n[nH]n3c2nc(=O)c2ccc(C(=O)N[C@H](C)c4ccccc4)cc23)cc1. The van der Waals surface area contributed by atoms with Gasteiger partial charge >= 0.3 is 0 Å². The molecule has 0 unspecified atom stereocenters. The minimum atomic E-state index is -0.384. The van der Waals surface area contributed by atoms with Gasteiger partial charge in [0.25, 0.3) is 11.5 Å². The van der Waals surface area contributed by atoms with Crippen LogP contribution >= 0.6 is 0 Å². The minimum Gasteiger partial charge on any atom is -0.497 e. The van der Waals surface area contributed by atoms with Gasteiger partial charge in [0, 0.05) is 11.1 Å². The molecule has 2 N–H and O–H groups in total. The molecular weight excluding hydrogens is 418 g/mol. The molecule has 0 aliphatic carbocycles. The molecule has 2 heterocycles. The summed E-state index contributed by atoms with van der Waals surface area (Å²) in [5.74, 6) is 0.482. The van der Waals surface area contributed by atoms with E-state index in [0.29, 0.717) is 27.8 Å². The summed E-state index contributed by atoms with van der Waals surface area (Å²) in [5.41, 5.74) is 3.28. The van der Waals surface area contributed by atoms with E-state index >= 15 is 0 Å². The lowest BCUT2D eigenvalue weighted by atomic mass is 10.1. The normalized spacial score (nSPS) is 12.1. The Hall–Kier alpha value is -4.46. The first-order valence-electron chi connectivity index (χ1n) is 10.5. The zero-order valence-corrected chi connectivity index (χ0v) is 18.1. The number of methoxy groups -OCH3 is 1. The van der Waals surface area contributed by atoms with Crippen molar-refractivity contribution in [3.63, 3.8) is 0 Å². The Morgan fingerprint density at radius 2 is 1.82 bits per heavy atom. The lowest BCUT2D eigenvalue weighted by molar-refractivity contribution is 0.0940. The van der Waals surface area contributed by atoms with E-state index in [-0.39, 0.29) is 17.5 Å². The van der Waals surface area contributed by atoms with E-state index in [1.165, 1.54) is 0 Å². The summed E-state index contributed by atoms with van der Waals surface area (Å²) in [6, 6.07) is 21.8. The lowest BCUT2D eigenvalue weighted by Gasteiger charge is -2.14. The van der Waals surface area contributed by atoms with Crippen LogP contribution in [0.4, 0.5) is 0 Å². The molecule has 5 aromatic rings. The largest absolute Gasteiger partial charge is 0.497 e. The summed E-state index contributed by atoms with van der Waals surface area (Å²) in [7, 11) is 1.60. The first kappa shape index (κ1) is 20.4. The molecule has 2 aromatic heterocycles. The maximum Gasteiger partial charge on any atom is 0.281 e. The molecule has 0 radical (unpaired) electrons. The lowest BCUT2D eigenvalue weighted by Crippen LogP contribution is -2.26. The summed E-state index contributed by atoms with van der Waals surface area (Å²) in [6.45, 7) is 1.93. The number of amides is 1. The molecular formula is C25H21N5O3. The summed E-state index contributed by atoms with van der Waals surface area (Å²) in [6.07, 6.45) is 0. The summed E-state index contributed by atoms with van der Waals surface area (Å²) in [4.78, 5) is 29.9. The van der Waals surface area contributed by atoms with E-state index in [1.54, 1.807) is 29.8 Å². The van der Waals surface area contributed by atoms with E-state index in [0.717, 1.165) is 16.9 Å². The third-order valence-corrected chi connectivity index (χ3v) is 5.63. The Bertz CT molecular complexity index is 1520. The van der Waals surface area contributed by atoms with Crippen LogP contribution in [0.2, 0.25) is 0 Å². The highest BCUT2D eigenvalue weighted by Crippen LogP contribution is 2.25. The molecule has 8 heteroatoms. The van der Waals surface area contributed by atoms with Crippen LogP contribution in [0.5, 0.6) is 5.75 Å². The standard InChI is InChI=1S/C25H21N5O3/c1-15(16-6-4-3-5-7-16)26-24(31)18-10-13-20-21(14-18)30-23(27-25(20)32)22(28-29-30)17-8-11-19(33-2)12-9-17/h3-15,29H,1-2H3,(H,26,31)/t15-/m1/s1. The number of hydrogen-bond acceptors (Lipinski definition) is 5. The highest BCUT2D eigenvalue weighted by Gasteiger charge is 2.17. The van der Waals surface area contributed by atoms with Crippen molar-refractivity contribution in [1.29, 1.82) is 0 Å². The van der Waals surface area contributed by atoms with Crippen LogP contribution in [0.15, 0.2) is 77.6 Å². The molecule has 0 spiro atoms. The Labute approximate surface area is 188 Å². The van der Waals surface area contributed by atoms with Gasteiger partial charge in [-0.05, 0) is 55.0 Å². The molecule has 8 nitrogen and oxygen atoms in total. The average molecular weight is 439 g/mol. The van der Waals surface area contributed by atoms with Crippen molar-refractivity contribution in [3.05, 3.63) is 94.3 Å². The molecule has 1 amide bonds. The Balaban J connectivity index is 1.55. The number of benzene rings is 3. The van der Waals surface area contributed by atoms with Gasteiger partial charge in [0.15, 0.2) is 5.65 Å². The van der Waals surface area contributed by atoms with E-state index in [9.17, 15) is 9.59 Å². The number of ether oxygens (including phenoxy) is 1. The molecule has 0 fully saturated rings. The molecule has 1 atom stereocenters. The summed E-state index contributed by atoms with van der Waals surface area (Å²) in [5, 5.41) is 10.7. The second-order valence-corrected chi connectivity index (χ2v) is 7.70. The molecule has 3 aromatic carbocycles. The van der Waals surface area contributed by atoms with Crippen molar-refractivity contribution in [2.24, 2.45) is 0 Å². The number of aromatic nitrogens is 4. The zero-order valence-electron chi connectivity index (χ0n) is 18.1. The van der Waals surface area contributed by atoms with Crippen molar-refractivity contribution in [2.75, 3.05) is 7.11 Å². The van der Waals surface area contributed by atoms with Crippen molar-refractivity contribution in [3.8, 4) is 17.0 Å². The van der Waals surface area contributed by atoms with E-state index in [1.807, 2.05) is 61.5 Å². The molecule has 0 saturated heterocycles. The number of nitrogens with one attached hydrogen (secondary N) is 2.